The topological polar surface area (TPSA) is 49.8 Å². The lowest BCUT2D eigenvalue weighted by molar-refractivity contribution is 0.493. The second kappa shape index (κ2) is 8.85. The van der Waals surface area contributed by atoms with E-state index >= 15 is 0 Å². The van der Waals surface area contributed by atoms with Gasteiger partial charge in [0.1, 0.15) is 17.5 Å². The molecule has 0 saturated heterocycles. The molecule has 1 aromatic rings. The second-order valence-electron chi connectivity index (χ2n) is 5.96. The van der Waals surface area contributed by atoms with Crippen LogP contribution in [0.1, 0.15) is 65.3 Å². The van der Waals surface area contributed by atoms with Gasteiger partial charge in [0.15, 0.2) is 0 Å². The Morgan fingerprint density at radius 1 is 1.00 bits per heavy atom. The molecule has 4 heteroatoms. The molecule has 21 heavy (non-hydrogen) atoms. The minimum Gasteiger partial charge on any atom is -0.370 e. The fourth-order valence-corrected chi connectivity index (χ4v) is 2.17. The molecule has 0 bridgehead atoms. The van der Waals surface area contributed by atoms with Crippen LogP contribution in [0.2, 0.25) is 0 Å². The van der Waals surface area contributed by atoms with Crippen LogP contribution in [0.5, 0.6) is 0 Å². The van der Waals surface area contributed by atoms with E-state index < -0.39 is 0 Å². The van der Waals surface area contributed by atoms with Crippen molar-refractivity contribution in [1.29, 1.82) is 0 Å². The van der Waals surface area contributed by atoms with Crippen molar-refractivity contribution in [2.75, 3.05) is 17.2 Å². The minimum absolute atomic E-state index is 0.414. The molecule has 2 N–H and O–H groups in total. The third-order valence-electron chi connectivity index (χ3n) is 4.07. The van der Waals surface area contributed by atoms with E-state index in [1.165, 1.54) is 6.42 Å². The predicted molar refractivity (Wildman–Crippen MR) is 92.1 cm³/mol. The van der Waals surface area contributed by atoms with Gasteiger partial charge in [0.05, 0.1) is 0 Å². The number of aryl methyl sites for hydroxylation is 1. The van der Waals surface area contributed by atoms with Crippen molar-refractivity contribution in [2.24, 2.45) is 5.92 Å². The second-order valence-corrected chi connectivity index (χ2v) is 5.96. The van der Waals surface area contributed by atoms with Gasteiger partial charge in [-0.1, -0.05) is 34.1 Å². The minimum atomic E-state index is 0.414. The summed E-state index contributed by atoms with van der Waals surface area (Å²) in [7, 11) is 0. The molecule has 2 atom stereocenters. The Kier molecular flexibility index (Phi) is 7.48. The SMILES string of the molecule is CCCNc1nc(CCC)nc(NC(C)C(C)CC)c1C. The van der Waals surface area contributed by atoms with E-state index in [4.69, 9.17) is 4.98 Å². The van der Waals surface area contributed by atoms with Gasteiger partial charge in [-0.05, 0) is 32.6 Å². The van der Waals surface area contributed by atoms with Crippen LogP contribution in [0.15, 0.2) is 0 Å². The zero-order chi connectivity index (χ0) is 15.8. The van der Waals surface area contributed by atoms with Crippen LogP contribution in [-0.4, -0.2) is 22.6 Å². The highest BCUT2D eigenvalue weighted by Gasteiger charge is 2.15. The van der Waals surface area contributed by atoms with E-state index in [1.807, 2.05) is 0 Å². The highest BCUT2D eigenvalue weighted by Crippen LogP contribution is 2.23. The lowest BCUT2D eigenvalue weighted by Gasteiger charge is -2.23. The molecular weight excluding hydrogens is 260 g/mol. The average molecular weight is 292 g/mol. The normalized spacial score (nSPS) is 13.8. The number of nitrogens with one attached hydrogen (secondary N) is 2. The molecule has 0 aromatic carbocycles. The standard InChI is InChI=1S/C17H32N4/c1-7-10-15-20-16(18-11-8-2)13(5)17(21-15)19-14(6)12(4)9-3/h12,14H,7-11H2,1-6H3,(H2,18,19,20,21). The fraction of sp³-hybridized carbons (Fsp3) is 0.765. The number of hydrogen-bond donors (Lipinski definition) is 2. The molecule has 0 aliphatic carbocycles. The van der Waals surface area contributed by atoms with E-state index in [2.05, 4.69) is 57.2 Å². The lowest BCUT2D eigenvalue weighted by Crippen LogP contribution is -2.25. The first kappa shape index (κ1) is 17.7. The molecule has 4 nitrogen and oxygen atoms in total. The van der Waals surface area contributed by atoms with Crippen molar-refractivity contribution in [3.63, 3.8) is 0 Å². The van der Waals surface area contributed by atoms with E-state index in [0.717, 1.165) is 48.8 Å². The van der Waals surface area contributed by atoms with Gasteiger partial charge in [-0.3, -0.25) is 0 Å². The third kappa shape index (κ3) is 5.18. The molecule has 0 amide bonds. The van der Waals surface area contributed by atoms with Crippen LogP contribution in [0.3, 0.4) is 0 Å². The van der Waals surface area contributed by atoms with Crippen LogP contribution >= 0.6 is 0 Å². The van der Waals surface area contributed by atoms with Crippen molar-refractivity contribution in [2.45, 2.75) is 73.3 Å². The molecule has 0 radical (unpaired) electrons. The number of rotatable bonds is 9. The Labute approximate surface area is 130 Å². The van der Waals surface area contributed by atoms with Crippen molar-refractivity contribution >= 4 is 11.6 Å². The molecule has 0 fully saturated rings. The Morgan fingerprint density at radius 3 is 2.24 bits per heavy atom. The molecule has 0 aliphatic heterocycles. The summed E-state index contributed by atoms with van der Waals surface area (Å²) in [4.78, 5) is 9.40. The van der Waals surface area contributed by atoms with Gasteiger partial charge >= 0.3 is 0 Å². The summed E-state index contributed by atoms with van der Waals surface area (Å²) in [6.07, 6.45) is 4.25. The smallest absolute Gasteiger partial charge is 0.134 e. The van der Waals surface area contributed by atoms with Gasteiger partial charge in [-0.15, -0.1) is 0 Å². The molecule has 0 spiro atoms. The average Bonchev–Trinajstić information content (AvgIpc) is 2.48. The van der Waals surface area contributed by atoms with Crippen LogP contribution in [0.4, 0.5) is 11.6 Å². The first-order chi connectivity index (χ1) is 10.0. The molecule has 0 saturated carbocycles. The Hall–Kier alpha value is -1.32. The maximum atomic E-state index is 4.73. The van der Waals surface area contributed by atoms with Crippen molar-refractivity contribution < 1.29 is 0 Å². The van der Waals surface area contributed by atoms with Crippen LogP contribution < -0.4 is 10.6 Å². The largest absolute Gasteiger partial charge is 0.370 e. The Morgan fingerprint density at radius 2 is 1.67 bits per heavy atom. The quantitative estimate of drug-likeness (QED) is 0.708. The number of anilines is 2. The number of nitrogens with zero attached hydrogens (tertiary/aromatic N) is 2. The van der Waals surface area contributed by atoms with Crippen LogP contribution in [0, 0.1) is 12.8 Å². The summed E-state index contributed by atoms with van der Waals surface area (Å²) in [6, 6.07) is 0.414. The molecule has 2 unspecified atom stereocenters. The zero-order valence-corrected chi connectivity index (χ0v) is 14.6. The molecule has 120 valence electrons. The predicted octanol–water partition coefficient (Wildman–Crippen LogP) is 4.41. The summed E-state index contributed by atoms with van der Waals surface area (Å²) in [6.45, 7) is 14.1. The fourth-order valence-electron chi connectivity index (χ4n) is 2.17. The molecule has 1 heterocycles. The molecular formula is C17H32N4. The van der Waals surface area contributed by atoms with E-state index in [9.17, 15) is 0 Å². The lowest BCUT2D eigenvalue weighted by atomic mass is 10.0. The van der Waals surface area contributed by atoms with Crippen molar-refractivity contribution in [3.05, 3.63) is 11.4 Å². The third-order valence-corrected chi connectivity index (χ3v) is 4.07. The first-order valence-corrected chi connectivity index (χ1v) is 8.41. The summed E-state index contributed by atoms with van der Waals surface area (Å²) >= 11 is 0. The van der Waals surface area contributed by atoms with Gasteiger partial charge < -0.3 is 10.6 Å². The highest BCUT2D eigenvalue weighted by atomic mass is 15.1. The van der Waals surface area contributed by atoms with E-state index in [1.54, 1.807) is 0 Å². The zero-order valence-electron chi connectivity index (χ0n) is 14.6. The maximum Gasteiger partial charge on any atom is 0.134 e. The van der Waals surface area contributed by atoms with Gasteiger partial charge in [0.25, 0.3) is 0 Å². The Balaban J connectivity index is 3.01. The summed E-state index contributed by atoms with van der Waals surface area (Å²) < 4.78 is 0. The molecule has 1 aromatic heterocycles. The highest BCUT2D eigenvalue weighted by molar-refractivity contribution is 5.57. The van der Waals surface area contributed by atoms with E-state index in [0.29, 0.717) is 12.0 Å². The van der Waals surface area contributed by atoms with Gasteiger partial charge in [-0.2, -0.15) is 0 Å². The van der Waals surface area contributed by atoms with Crippen LogP contribution in [0.25, 0.3) is 0 Å². The number of hydrogen-bond acceptors (Lipinski definition) is 4. The van der Waals surface area contributed by atoms with E-state index in [-0.39, 0.29) is 0 Å². The van der Waals surface area contributed by atoms with Crippen molar-refractivity contribution in [3.8, 4) is 0 Å². The Bertz CT molecular complexity index is 431. The molecule has 0 aliphatic rings. The first-order valence-electron chi connectivity index (χ1n) is 8.41. The number of aromatic nitrogens is 2. The summed E-state index contributed by atoms with van der Waals surface area (Å²) in [5, 5.41) is 7.01. The van der Waals surface area contributed by atoms with Crippen LogP contribution in [-0.2, 0) is 6.42 Å². The van der Waals surface area contributed by atoms with Gasteiger partial charge in [0.2, 0.25) is 0 Å². The monoisotopic (exact) mass is 292 g/mol. The summed E-state index contributed by atoms with van der Waals surface area (Å²) in [5.41, 5.74) is 1.12. The summed E-state index contributed by atoms with van der Waals surface area (Å²) in [5.74, 6) is 3.52. The maximum absolute atomic E-state index is 4.73. The van der Waals surface area contributed by atoms with Gasteiger partial charge in [0, 0.05) is 24.6 Å². The van der Waals surface area contributed by atoms with Crippen molar-refractivity contribution in [1.82, 2.24) is 9.97 Å². The van der Waals surface area contributed by atoms with Gasteiger partial charge in [-0.25, -0.2) is 9.97 Å². The molecule has 1 rings (SSSR count).